The molecule has 672 valence electrons. The first-order valence-electron chi connectivity index (χ1n) is 38.6. The lowest BCUT2D eigenvalue weighted by Crippen LogP contribution is -2.44. The molecular formula is C84H92BBr5ClF6N17O12. The number of nitrogens with zero attached hydrogens (tertiary/aromatic N) is 7. The number of amides is 3. The standard InChI is InChI=1S/C21H24FN5O2.C14H17BrFN3O.C10H7BrClFN2O.C10H8BrFN2O2.C9H10BrFN2O.C7H7BN2O.C7H5BrFNO2.C6H14O2/c1-6-27-19(29)11-7-8-13(22)15(17(11)25-20(27)26-21(3,4)5)14-9-12-16(24-14)10(2)23-18(12)28;1-5-19-12(20)8-6-7-9(16)10(15)11(8)17-13(19)18-14(2,3)4;1-2-15-9(16)5-3-4-6(13)7(11)8(5)14-10(15)12;1-2-14-9(15)5-3-4-6(12)7(11)8(5)13-10(14)16;1-2-13-9(14)5-3-4-6(11)7(10)8(5)12;1-3-6-4(7(11)9-3)2-5(8)10-6;8-5-4(9)2-1-3(6(5)10)7(11)12;1-5(2,7)6(3,4)8/h7-10,24H,6H2,1-5H3,(H,23,28)(H,25,26);6-7H,5H2,1-4H3,(H,17,18);3-4H,2H2,1H3;3-4H,2H2,1H3,(H,13,16);3-4H,2,12H2,1H3,(H,13,14);2-3,10H,1H3,(H,9,11);1-2H,10H2,(H,11,12);7-8H,1-4H3/t10-;;;;;3-;;/m1....1../s1. The molecular weight excluding hydrogens is 2000 g/mol. The Hall–Kier alpha value is -10.4. The lowest BCUT2D eigenvalue weighted by atomic mass is 9.90. The van der Waals surface area contributed by atoms with Crippen molar-refractivity contribution in [3.8, 4) is 11.3 Å². The van der Waals surface area contributed by atoms with Crippen LogP contribution < -0.4 is 71.6 Å². The molecule has 2 radical (unpaired) electrons. The van der Waals surface area contributed by atoms with Gasteiger partial charge in [0.1, 0.15) is 42.7 Å². The summed E-state index contributed by atoms with van der Waals surface area (Å²) in [6, 6.07) is 18.5. The fourth-order valence-corrected chi connectivity index (χ4v) is 14.1. The van der Waals surface area contributed by atoms with Crippen molar-refractivity contribution in [2.75, 3.05) is 28.6 Å². The molecule has 2 aliphatic rings. The first kappa shape index (κ1) is 103. The van der Waals surface area contributed by atoms with Crippen molar-refractivity contribution >= 4 is 195 Å². The molecule has 0 fully saturated rings. The van der Waals surface area contributed by atoms with Gasteiger partial charge in [-0.2, -0.15) is 0 Å². The van der Waals surface area contributed by atoms with Gasteiger partial charge in [0.2, 0.25) is 17.2 Å². The van der Waals surface area contributed by atoms with E-state index in [2.05, 4.69) is 136 Å². The number of hydrogen-bond donors (Lipinski definition) is 13. The molecule has 12 aromatic rings. The number of rotatable bonds is 11. The number of hydrogen-bond acceptors (Lipinski definition) is 18. The summed E-state index contributed by atoms with van der Waals surface area (Å²) in [5.74, 6) is -3.85. The number of aromatic nitrogens is 10. The summed E-state index contributed by atoms with van der Waals surface area (Å²) in [7, 11) is 5.48. The molecule has 2 atom stereocenters. The number of carboxylic acid groups (broad SMARTS) is 1. The third kappa shape index (κ3) is 23.9. The molecule has 0 spiro atoms. The molecule has 14 rings (SSSR count). The van der Waals surface area contributed by atoms with Gasteiger partial charge in [0.15, 0.2) is 0 Å². The van der Waals surface area contributed by atoms with Crippen LogP contribution in [0.15, 0.2) is 131 Å². The zero-order valence-corrected chi connectivity index (χ0v) is 79.9. The van der Waals surface area contributed by atoms with Gasteiger partial charge in [-0.25, -0.2) is 50.9 Å². The van der Waals surface area contributed by atoms with Gasteiger partial charge in [-0.3, -0.25) is 51.8 Å². The van der Waals surface area contributed by atoms with E-state index < -0.39 is 63.3 Å². The van der Waals surface area contributed by atoms with E-state index in [0.29, 0.717) is 87.9 Å². The predicted octanol–water partition coefficient (Wildman–Crippen LogP) is 15.6. The topological polar surface area (TPSA) is 432 Å². The highest BCUT2D eigenvalue weighted by Crippen LogP contribution is 2.36. The van der Waals surface area contributed by atoms with Crippen molar-refractivity contribution in [1.29, 1.82) is 0 Å². The Bertz CT molecular complexity index is 6510. The maximum atomic E-state index is 15.0. The van der Waals surface area contributed by atoms with E-state index >= 15 is 0 Å². The zero-order valence-electron chi connectivity index (χ0n) is 71.2. The van der Waals surface area contributed by atoms with Gasteiger partial charge in [-0.05, 0) is 299 Å². The van der Waals surface area contributed by atoms with Crippen molar-refractivity contribution in [2.24, 2.45) is 0 Å². The summed E-state index contributed by atoms with van der Waals surface area (Å²) in [6.45, 7) is 33.1. The number of carbonyl (C=O) groups excluding carboxylic acids is 3. The SMILES string of the molecule is CC(C)(O)C(C)(C)O.CCNC(=O)c1ccc(F)c(Br)c1N.CCn1c(=O)[nH]c2c(Br)c(F)ccc2c1=O.CCn1c(Cl)nc2c(Br)c(F)ccc2c1=O.CCn1c(NC(C)(C)C)nc2c(-c3cc4c([nH]3)[C@@H](C)NC4=O)c(F)ccc2c1=O.CCn1c(NC(C)(C)C)nc2c(Br)c(F)ccc2c1=O.Nc1c(C(=O)O)ccc(F)c1Br.[B]c1cc2c([nH]1)[C@@H](C)NC2=O. The fraction of sp³-hybridized carbons (Fsp3) is 0.333. The minimum Gasteiger partial charge on any atom is -0.478 e. The van der Waals surface area contributed by atoms with Crippen LogP contribution in [0, 0.1) is 34.9 Å². The van der Waals surface area contributed by atoms with Crippen molar-refractivity contribution in [3.05, 3.63) is 233 Å². The number of carboxylic acids is 1. The Balaban J connectivity index is 0.000000203. The smallest absolute Gasteiger partial charge is 0.337 e. The molecule has 2 aliphatic heterocycles. The quantitative estimate of drug-likeness (QED) is 0.0247. The maximum absolute atomic E-state index is 15.0. The summed E-state index contributed by atoms with van der Waals surface area (Å²) < 4.78 is 86.8. The summed E-state index contributed by atoms with van der Waals surface area (Å²) in [4.78, 5) is 128. The fourth-order valence-electron chi connectivity index (χ4n) is 11.8. The Morgan fingerprint density at radius 3 is 1.28 bits per heavy atom. The molecule has 29 nitrogen and oxygen atoms in total. The van der Waals surface area contributed by atoms with Crippen LogP contribution in [0.2, 0.25) is 5.28 Å². The first-order chi connectivity index (χ1) is 58.5. The second-order valence-electron chi connectivity index (χ2n) is 31.1. The number of nitrogen functional groups attached to an aromatic ring is 2. The van der Waals surface area contributed by atoms with Crippen molar-refractivity contribution < 1.29 is 60.8 Å². The van der Waals surface area contributed by atoms with Gasteiger partial charge in [0.05, 0.1) is 140 Å². The summed E-state index contributed by atoms with van der Waals surface area (Å²) in [5.41, 5.74) is 11.8. The molecule has 0 saturated heterocycles. The van der Waals surface area contributed by atoms with Gasteiger partial charge in [0, 0.05) is 49.5 Å². The molecule has 15 N–H and O–H groups in total. The molecule has 6 aromatic carbocycles. The monoisotopic (exact) mass is 2090 g/mol. The average Bonchev–Trinajstić information content (AvgIpc) is 1.51. The van der Waals surface area contributed by atoms with E-state index in [0.717, 1.165) is 22.4 Å². The number of anilines is 4. The number of H-pyrrole nitrogens is 3. The van der Waals surface area contributed by atoms with Crippen molar-refractivity contribution in [1.82, 2.24) is 64.1 Å². The molecule has 0 unspecified atom stereocenters. The van der Waals surface area contributed by atoms with Crippen LogP contribution in [0.3, 0.4) is 0 Å². The molecule has 3 amide bonds. The number of aromatic amines is 3. The van der Waals surface area contributed by atoms with Crippen molar-refractivity contribution in [2.45, 2.75) is 178 Å². The molecule has 126 heavy (non-hydrogen) atoms. The highest BCUT2D eigenvalue weighted by Gasteiger charge is 2.33. The minimum atomic E-state index is -1.17. The Labute approximate surface area is 765 Å². The van der Waals surface area contributed by atoms with Crippen molar-refractivity contribution in [3.63, 3.8) is 0 Å². The summed E-state index contributed by atoms with van der Waals surface area (Å²) >= 11 is 20.9. The maximum Gasteiger partial charge on any atom is 0.337 e. The number of nitrogens with one attached hydrogen (secondary N) is 8. The number of benzene rings is 6. The van der Waals surface area contributed by atoms with Crippen LogP contribution in [0.25, 0.3) is 54.9 Å². The lowest BCUT2D eigenvalue weighted by Gasteiger charge is -2.31. The van der Waals surface area contributed by atoms with Crippen LogP contribution in [-0.4, -0.2) is 124 Å². The predicted molar refractivity (Wildman–Crippen MR) is 497 cm³/mol. The molecule has 42 heteroatoms. The van der Waals surface area contributed by atoms with E-state index in [1.165, 1.54) is 65.2 Å². The van der Waals surface area contributed by atoms with Gasteiger partial charge < -0.3 is 68.3 Å². The van der Waals surface area contributed by atoms with Gasteiger partial charge in [-0.15, -0.1) is 0 Å². The summed E-state index contributed by atoms with van der Waals surface area (Å²) in [6.07, 6.45) is 0. The van der Waals surface area contributed by atoms with Crippen LogP contribution in [0.1, 0.15) is 183 Å². The Kier molecular flexibility index (Phi) is 34.2. The average molecular weight is 2090 g/mol. The Morgan fingerprint density at radius 2 is 0.857 bits per heavy atom. The number of aromatic carboxylic acids is 1. The second-order valence-corrected chi connectivity index (χ2v) is 35.4. The number of carbonyl (C=O) groups is 4. The second kappa shape index (κ2) is 42.0. The van der Waals surface area contributed by atoms with Crippen LogP contribution in [0.5, 0.6) is 0 Å². The number of halogens is 12. The van der Waals surface area contributed by atoms with Crippen LogP contribution in [0.4, 0.5) is 49.6 Å². The van der Waals surface area contributed by atoms with Gasteiger partial charge in [-0.1, -0.05) is 0 Å². The number of nitrogens with two attached hydrogens (primary N) is 2. The van der Waals surface area contributed by atoms with E-state index in [-0.39, 0.29) is 142 Å². The van der Waals surface area contributed by atoms with E-state index in [4.69, 9.17) is 46.2 Å². The number of fused-ring (bicyclic) bond motifs is 6. The number of aliphatic hydroxyl groups is 2. The van der Waals surface area contributed by atoms with Crippen LogP contribution >= 0.6 is 91.3 Å². The molecule has 6 aromatic heterocycles. The molecule has 0 bridgehead atoms. The minimum absolute atomic E-state index is 0.0117. The third-order valence-electron chi connectivity index (χ3n) is 19.0. The molecule has 8 heterocycles. The van der Waals surface area contributed by atoms with Gasteiger partial charge in [0.25, 0.3) is 40.0 Å². The van der Waals surface area contributed by atoms with E-state index in [9.17, 15) is 69.5 Å². The molecule has 0 aliphatic carbocycles. The third-order valence-corrected chi connectivity index (χ3v) is 23.1. The van der Waals surface area contributed by atoms with Crippen LogP contribution in [-0.2, 0) is 26.2 Å². The Morgan fingerprint density at radius 1 is 0.492 bits per heavy atom. The molecule has 0 saturated carbocycles. The highest BCUT2D eigenvalue weighted by atomic mass is 79.9. The lowest BCUT2D eigenvalue weighted by molar-refractivity contribution is -0.107. The largest absolute Gasteiger partial charge is 0.478 e. The normalized spacial score (nSPS) is 13.2. The first-order valence-corrected chi connectivity index (χ1v) is 42.9. The highest BCUT2D eigenvalue weighted by molar-refractivity contribution is 9.11. The van der Waals surface area contributed by atoms with E-state index in [1.807, 2.05) is 69.2 Å². The van der Waals surface area contributed by atoms with Gasteiger partial charge >= 0.3 is 11.7 Å². The summed E-state index contributed by atoms with van der Waals surface area (Å²) in [5, 5.41) is 42.8. The zero-order chi connectivity index (χ0) is 94.9. The van der Waals surface area contributed by atoms with E-state index in [1.54, 1.807) is 69.7 Å².